The van der Waals surface area contributed by atoms with E-state index in [-0.39, 0.29) is 23.8 Å². The minimum atomic E-state index is -0.589. The van der Waals surface area contributed by atoms with E-state index in [4.69, 9.17) is 9.84 Å². The van der Waals surface area contributed by atoms with Gasteiger partial charge in [-0.15, -0.1) is 0 Å². The van der Waals surface area contributed by atoms with Gasteiger partial charge in [-0.3, -0.25) is 10.1 Å². The highest BCUT2D eigenvalue weighted by molar-refractivity contribution is 9.10. The monoisotopic (exact) mass is 355 g/mol. The van der Waals surface area contributed by atoms with Gasteiger partial charge in [0.25, 0.3) is 0 Å². The van der Waals surface area contributed by atoms with Crippen LogP contribution in [0.3, 0.4) is 0 Å². The Morgan fingerprint density at radius 3 is 2.67 bits per heavy atom. The van der Waals surface area contributed by atoms with Crippen LogP contribution >= 0.6 is 15.9 Å². The number of nitro benzene ring substituents is 1. The van der Waals surface area contributed by atoms with Gasteiger partial charge < -0.3 is 9.84 Å². The molecule has 0 radical (unpaired) electrons. The molecule has 1 N–H and O–H groups in total. The van der Waals surface area contributed by atoms with Gasteiger partial charge in [0.05, 0.1) is 11.5 Å². The number of hydrogen-bond donors (Lipinski definition) is 1. The first kappa shape index (κ1) is 15.4. The van der Waals surface area contributed by atoms with Gasteiger partial charge in [0.1, 0.15) is 11.6 Å². The lowest BCUT2D eigenvalue weighted by molar-refractivity contribution is -0.385. The smallest absolute Gasteiger partial charge is 0.312 e. The number of halogens is 2. The molecule has 0 bridgehead atoms. The van der Waals surface area contributed by atoms with E-state index in [9.17, 15) is 14.5 Å². The van der Waals surface area contributed by atoms with E-state index in [1.165, 1.54) is 12.1 Å². The number of aliphatic hydroxyl groups excluding tert-OH is 1. The maximum absolute atomic E-state index is 13.4. The zero-order valence-corrected chi connectivity index (χ0v) is 12.6. The molecule has 0 saturated carbocycles. The van der Waals surface area contributed by atoms with Crippen molar-refractivity contribution in [2.45, 2.75) is 13.5 Å². The van der Waals surface area contributed by atoms with Crippen molar-refractivity contribution >= 4 is 21.6 Å². The molecule has 2 aromatic rings. The van der Waals surface area contributed by atoms with Gasteiger partial charge in [0, 0.05) is 16.6 Å². The highest BCUT2D eigenvalue weighted by atomic mass is 79.9. The number of benzene rings is 2. The number of aliphatic hydroxyl groups is 1. The Labute approximate surface area is 128 Å². The lowest BCUT2D eigenvalue weighted by Crippen LogP contribution is -1.97. The normalized spacial score (nSPS) is 10.5. The summed E-state index contributed by atoms with van der Waals surface area (Å²) in [6.45, 7) is 1.30. The number of nitro groups is 1. The molecule has 0 saturated heterocycles. The van der Waals surface area contributed by atoms with Crippen LogP contribution < -0.4 is 4.74 Å². The molecule has 0 aliphatic rings. The standard InChI is InChI=1S/C14H11BrFNO4/c1-8-2-10(15)5-13(17(19)20)14(8)21-12-4-9(7-18)3-11(16)6-12/h2-6,18H,7H2,1H3. The van der Waals surface area contributed by atoms with Gasteiger partial charge in [-0.2, -0.15) is 0 Å². The largest absolute Gasteiger partial charge is 0.450 e. The maximum Gasteiger partial charge on any atom is 0.312 e. The van der Waals surface area contributed by atoms with Crippen molar-refractivity contribution in [3.63, 3.8) is 0 Å². The van der Waals surface area contributed by atoms with Crippen LogP contribution in [0.15, 0.2) is 34.8 Å². The second-order valence-electron chi connectivity index (χ2n) is 4.38. The Balaban J connectivity index is 2.48. The van der Waals surface area contributed by atoms with E-state index in [2.05, 4.69) is 15.9 Å². The van der Waals surface area contributed by atoms with Crippen LogP contribution in [0.2, 0.25) is 0 Å². The molecule has 2 rings (SSSR count). The molecule has 0 aliphatic heterocycles. The molecular weight excluding hydrogens is 345 g/mol. The predicted octanol–water partition coefficient (Wildman–Crippen LogP) is 4.09. The Morgan fingerprint density at radius 1 is 1.33 bits per heavy atom. The predicted molar refractivity (Wildman–Crippen MR) is 77.9 cm³/mol. The lowest BCUT2D eigenvalue weighted by atomic mass is 10.2. The zero-order valence-electron chi connectivity index (χ0n) is 11.0. The van der Waals surface area contributed by atoms with Gasteiger partial charge in [0.2, 0.25) is 5.75 Å². The van der Waals surface area contributed by atoms with E-state index in [1.807, 2.05) is 0 Å². The van der Waals surface area contributed by atoms with Crippen LogP contribution in [0.5, 0.6) is 11.5 Å². The summed E-state index contributed by atoms with van der Waals surface area (Å²) < 4.78 is 19.4. The van der Waals surface area contributed by atoms with E-state index in [1.54, 1.807) is 13.0 Å². The fraction of sp³-hybridized carbons (Fsp3) is 0.143. The van der Waals surface area contributed by atoms with Crippen molar-refractivity contribution in [2.75, 3.05) is 0 Å². The van der Waals surface area contributed by atoms with Gasteiger partial charge >= 0.3 is 5.69 Å². The van der Waals surface area contributed by atoms with Crippen molar-refractivity contribution < 1.29 is 19.2 Å². The average molecular weight is 356 g/mol. The molecule has 0 amide bonds. The first-order valence-corrected chi connectivity index (χ1v) is 6.72. The second-order valence-corrected chi connectivity index (χ2v) is 5.30. The molecule has 0 aliphatic carbocycles. The van der Waals surface area contributed by atoms with Crippen LogP contribution in [0.4, 0.5) is 10.1 Å². The molecule has 0 spiro atoms. The van der Waals surface area contributed by atoms with Gasteiger partial charge in [-0.25, -0.2) is 4.39 Å². The third-order valence-electron chi connectivity index (χ3n) is 2.75. The second kappa shape index (κ2) is 6.19. The quantitative estimate of drug-likeness (QED) is 0.662. The van der Waals surface area contributed by atoms with Crippen molar-refractivity contribution in [1.29, 1.82) is 0 Å². The van der Waals surface area contributed by atoms with Crippen LogP contribution in [-0.4, -0.2) is 10.0 Å². The summed E-state index contributed by atoms with van der Waals surface area (Å²) in [4.78, 5) is 10.5. The fourth-order valence-electron chi connectivity index (χ4n) is 1.87. The van der Waals surface area contributed by atoms with E-state index < -0.39 is 10.7 Å². The Hall–Kier alpha value is -1.99. The minimum Gasteiger partial charge on any atom is -0.450 e. The number of rotatable bonds is 4. The van der Waals surface area contributed by atoms with Crippen molar-refractivity contribution in [1.82, 2.24) is 0 Å². The summed E-state index contributed by atoms with van der Waals surface area (Å²) in [7, 11) is 0. The van der Waals surface area contributed by atoms with Crippen LogP contribution in [0, 0.1) is 22.9 Å². The lowest BCUT2D eigenvalue weighted by Gasteiger charge is -2.11. The molecule has 7 heteroatoms. The fourth-order valence-corrected chi connectivity index (χ4v) is 2.43. The highest BCUT2D eigenvalue weighted by Gasteiger charge is 2.20. The number of nitrogens with zero attached hydrogens (tertiary/aromatic N) is 1. The molecule has 0 unspecified atom stereocenters. The molecule has 5 nitrogen and oxygen atoms in total. The maximum atomic E-state index is 13.4. The first-order valence-electron chi connectivity index (χ1n) is 5.93. The molecular formula is C14H11BrFNO4. The number of ether oxygens (including phenoxy) is 1. The molecule has 110 valence electrons. The average Bonchev–Trinajstić information content (AvgIpc) is 2.40. The Bertz CT molecular complexity index is 706. The van der Waals surface area contributed by atoms with E-state index >= 15 is 0 Å². The SMILES string of the molecule is Cc1cc(Br)cc([N+](=O)[O-])c1Oc1cc(F)cc(CO)c1. The molecule has 0 aromatic heterocycles. The Kier molecular flexibility index (Phi) is 4.54. The van der Waals surface area contributed by atoms with Gasteiger partial charge in [0.15, 0.2) is 0 Å². The molecule has 0 heterocycles. The van der Waals surface area contributed by atoms with Crippen LogP contribution in [-0.2, 0) is 6.61 Å². The topological polar surface area (TPSA) is 72.6 Å². The third-order valence-corrected chi connectivity index (χ3v) is 3.21. The van der Waals surface area contributed by atoms with E-state index in [0.717, 1.165) is 12.1 Å². The minimum absolute atomic E-state index is 0.0395. The number of aryl methyl sites for hydroxylation is 1. The van der Waals surface area contributed by atoms with E-state index in [0.29, 0.717) is 15.6 Å². The first-order chi connectivity index (χ1) is 9.90. The van der Waals surface area contributed by atoms with Crippen molar-refractivity contribution in [2.24, 2.45) is 0 Å². The molecule has 21 heavy (non-hydrogen) atoms. The summed E-state index contributed by atoms with van der Waals surface area (Å²) in [5, 5.41) is 20.1. The molecule has 0 fully saturated rings. The van der Waals surface area contributed by atoms with Crippen LogP contribution in [0.25, 0.3) is 0 Å². The van der Waals surface area contributed by atoms with Gasteiger partial charge in [-0.1, -0.05) is 15.9 Å². The molecule has 0 atom stereocenters. The number of hydrogen-bond acceptors (Lipinski definition) is 4. The summed E-state index contributed by atoms with van der Waals surface area (Å²) in [5.41, 5.74) is 0.630. The summed E-state index contributed by atoms with van der Waals surface area (Å²) >= 11 is 3.18. The van der Waals surface area contributed by atoms with Crippen molar-refractivity contribution in [3.8, 4) is 11.5 Å². The molecule has 2 aromatic carbocycles. The highest BCUT2D eigenvalue weighted by Crippen LogP contribution is 2.37. The van der Waals surface area contributed by atoms with Crippen molar-refractivity contribution in [3.05, 3.63) is 61.9 Å². The van der Waals surface area contributed by atoms with Gasteiger partial charge in [-0.05, 0) is 36.2 Å². The summed E-state index contributed by atoms with van der Waals surface area (Å²) in [6.07, 6.45) is 0. The Morgan fingerprint density at radius 2 is 2.05 bits per heavy atom. The summed E-state index contributed by atoms with van der Waals surface area (Å²) in [5.74, 6) is -0.459. The zero-order chi connectivity index (χ0) is 15.6. The summed E-state index contributed by atoms with van der Waals surface area (Å²) in [6, 6.07) is 6.66. The van der Waals surface area contributed by atoms with Crippen LogP contribution in [0.1, 0.15) is 11.1 Å². The third kappa shape index (κ3) is 3.56.